The van der Waals surface area contributed by atoms with Gasteiger partial charge in [0.05, 0.1) is 5.56 Å². The van der Waals surface area contributed by atoms with Crippen molar-refractivity contribution in [2.75, 3.05) is 10.5 Å². The number of hydrogen-bond acceptors (Lipinski definition) is 4. The van der Waals surface area contributed by atoms with Crippen LogP contribution in [0.15, 0.2) is 35.4 Å². The van der Waals surface area contributed by atoms with Crippen molar-refractivity contribution in [3.05, 3.63) is 36.0 Å². The minimum absolute atomic E-state index is 0.00810. The molecule has 0 bridgehead atoms. The van der Waals surface area contributed by atoms with E-state index in [1.807, 2.05) is 0 Å². The maximum atomic E-state index is 12.4. The van der Waals surface area contributed by atoms with E-state index in [0.717, 1.165) is 24.3 Å². The number of alkyl halides is 3. The van der Waals surface area contributed by atoms with Crippen molar-refractivity contribution in [2.45, 2.75) is 11.1 Å². The summed E-state index contributed by atoms with van der Waals surface area (Å²) in [5, 5.41) is 3.69. The van der Waals surface area contributed by atoms with Gasteiger partial charge in [-0.2, -0.15) is 18.3 Å². The molecule has 2 aromatic rings. The second kappa shape index (κ2) is 4.95. The predicted octanol–water partition coefficient (Wildman–Crippen LogP) is 1.82. The van der Waals surface area contributed by atoms with E-state index in [4.69, 9.17) is 5.73 Å². The van der Waals surface area contributed by atoms with Gasteiger partial charge < -0.3 is 5.73 Å². The minimum Gasteiger partial charge on any atom is -0.381 e. The Morgan fingerprint density at radius 3 is 2.24 bits per heavy atom. The Labute approximate surface area is 118 Å². The number of aromatic nitrogens is 2. The number of hydrogen-bond donors (Lipinski definition) is 2. The van der Waals surface area contributed by atoms with Crippen LogP contribution in [0.4, 0.5) is 24.7 Å². The van der Waals surface area contributed by atoms with Gasteiger partial charge in [-0.15, -0.1) is 0 Å². The van der Waals surface area contributed by atoms with E-state index in [1.165, 1.54) is 17.9 Å². The second-order valence-corrected chi connectivity index (χ2v) is 5.88. The highest BCUT2D eigenvalue weighted by Gasteiger charge is 2.30. The Balaban J connectivity index is 2.27. The molecular formula is C11H11F3N4O2S. The van der Waals surface area contributed by atoms with Crippen molar-refractivity contribution in [1.82, 2.24) is 9.78 Å². The van der Waals surface area contributed by atoms with E-state index in [1.54, 1.807) is 0 Å². The molecule has 0 unspecified atom stereocenters. The maximum absolute atomic E-state index is 12.4. The van der Waals surface area contributed by atoms with Crippen LogP contribution in [0.1, 0.15) is 5.56 Å². The molecule has 1 heterocycles. The van der Waals surface area contributed by atoms with Gasteiger partial charge >= 0.3 is 6.18 Å². The average Bonchev–Trinajstić information content (AvgIpc) is 2.68. The molecule has 1 aromatic heterocycles. The third-order valence-electron chi connectivity index (χ3n) is 2.58. The number of nitrogens with two attached hydrogens (primary N) is 1. The molecule has 6 nitrogen and oxygen atoms in total. The van der Waals surface area contributed by atoms with Crippen molar-refractivity contribution in [2.24, 2.45) is 7.05 Å². The zero-order valence-electron chi connectivity index (χ0n) is 10.7. The van der Waals surface area contributed by atoms with Crippen LogP contribution in [-0.4, -0.2) is 18.2 Å². The van der Waals surface area contributed by atoms with Crippen LogP contribution >= 0.6 is 0 Å². The number of sulfonamides is 1. The molecule has 114 valence electrons. The van der Waals surface area contributed by atoms with E-state index in [9.17, 15) is 21.6 Å². The van der Waals surface area contributed by atoms with Crippen LogP contribution in [0.2, 0.25) is 0 Å². The molecule has 0 fully saturated rings. The van der Waals surface area contributed by atoms with Crippen molar-refractivity contribution >= 4 is 21.5 Å². The van der Waals surface area contributed by atoms with Gasteiger partial charge in [-0.05, 0) is 24.3 Å². The Kier molecular flexibility index (Phi) is 3.58. The molecule has 0 amide bonds. The molecule has 2 rings (SSSR count). The molecule has 21 heavy (non-hydrogen) atoms. The molecule has 0 atom stereocenters. The lowest BCUT2D eigenvalue weighted by Gasteiger charge is -2.09. The summed E-state index contributed by atoms with van der Waals surface area (Å²) in [7, 11) is -2.52. The van der Waals surface area contributed by atoms with Crippen LogP contribution in [0.5, 0.6) is 0 Å². The Morgan fingerprint density at radius 1 is 1.24 bits per heavy atom. The quantitative estimate of drug-likeness (QED) is 0.902. The molecule has 0 saturated carbocycles. The summed E-state index contributed by atoms with van der Waals surface area (Å²) in [6.07, 6.45) is -3.28. The van der Waals surface area contributed by atoms with E-state index in [2.05, 4.69) is 9.82 Å². The summed E-state index contributed by atoms with van der Waals surface area (Å²) >= 11 is 0. The van der Waals surface area contributed by atoms with Crippen LogP contribution < -0.4 is 10.5 Å². The van der Waals surface area contributed by atoms with Crippen molar-refractivity contribution in [3.8, 4) is 0 Å². The number of halogens is 3. The number of aryl methyl sites for hydroxylation is 1. The van der Waals surface area contributed by atoms with Gasteiger partial charge in [-0.1, -0.05) is 0 Å². The van der Waals surface area contributed by atoms with Gasteiger partial charge in [0.15, 0.2) is 5.82 Å². The second-order valence-electron chi connectivity index (χ2n) is 4.23. The highest BCUT2D eigenvalue weighted by Crippen LogP contribution is 2.30. The first-order valence-corrected chi connectivity index (χ1v) is 7.07. The SMILES string of the molecule is Cn1cc(S(=O)(=O)Nc2ccc(C(F)(F)F)cc2)c(N)n1. The standard InChI is InChI=1S/C11H11F3N4O2S/c1-18-6-9(10(15)16-18)21(19,20)17-8-4-2-7(3-5-8)11(12,13)14/h2-6,17H,1H3,(H2,15,16). The number of benzene rings is 1. The van der Waals surface area contributed by atoms with E-state index in [-0.39, 0.29) is 16.4 Å². The molecule has 0 aliphatic rings. The summed E-state index contributed by atoms with van der Waals surface area (Å²) in [6, 6.07) is 3.61. The van der Waals surface area contributed by atoms with Gasteiger partial charge in [0.25, 0.3) is 10.0 Å². The molecule has 0 saturated heterocycles. The fourth-order valence-corrected chi connectivity index (χ4v) is 2.79. The maximum Gasteiger partial charge on any atom is 0.416 e. The number of nitrogens with zero attached hydrogens (tertiary/aromatic N) is 2. The van der Waals surface area contributed by atoms with Gasteiger partial charge in [0.2, 0.25) is 0 Å². The largest absolute Gasteiger partial charge is 0.416 e. The third-order valence-corrected chi connectivity index (χ3v) is 3.97. The molecule has 0 aliphatic carbocycles. The smallest absolute Gasteiger partial charge is 0.381 e. The number of rotatable bonds is 3. The molecule has 10 heteroatoms. The lowest BCUT2D eigenvalue weighted by molar-refractivity contribution is -0.137. The summed E-state index contributed by atoms with van der Waals surface area (Å²) < 4.78 is 64.7. The molecule has 1 aromatic carbocycles. The first kappa shape index (κ1) is 15.2. The third kappa shape index (κ3) is 3.27. The fourth-order valence-electron chi connectivity index (χ4n) is 1.63. The Morgan fingerprint density at radius 2 is 1.81 bits per heavy atom. The zero-order valence-corrected chi connectivity index (χ0v) is 11.5. The number of nitrogen functional groups attached to an aromatic ring is 1. The average molecular weight is 320 g/mol. The van der Waals surface area contributed by atoms with Gasteiger partial charge in [0.1, 0.15) is 4.90 Å². The number of anilines is 2. The highest BCUT2D eigenvalue weighted by molar-refractivity contribution is 7.92. The molecular weight excluding hydrogens is 309 g/mol. The van der Waals surface area contributed by atoms with Crippen molar-refractivity contribution in [1.29, 1.82) is 0 Å². The first-order valence-electron chi connectivity index (χ1n) is 5.59. The molecule has 3 N–H and O–H groups in total. The summed E-state index contributed by atoms with van der Waals surface area (Å²) in [5.74, 6) is -0.197. The van der Waals surface area contributed by atoms with Crippen LogP contribution in [-0.2, 0) is 23.2 Å². The van der Waals surface area contributed by atoms with E-state index in [0.29, 0.717) is 0 Å². The highest BCUT2D eigenvalue weighted by atomic mass is 32.2. The lowest BCUT2D eigenvalue weighted by atomic mass is 10.2. The normalized spacial score (nSPS) is 12.4. The van der Waals surface area contributed by atoms with Gasteiger partial charge in [-0.25, -0.2) is 8.42 Å². The fraction of sp³-hybridized carbons (Fsp3) is 0.182. The monoisotopic (exact) mass is 320 g/mol. The summed E-state index contributed by atoms with van der Waals surface area (Å²) in [6.45, 7) is 0. The summed E-state index contributed by atoms with van der Waals surface area (Å²) in [5.41, 5.74) is 4.59. The minimum atomic E-state index is -4.48. The summed E-state index contributed by atoms with van der Waals surface area (Å²) in [4.78, 5) is -0.245. The number of nitrogens with one attached hydrogen (secondary N) is 1. The lowest BCUT2D eigenvalue weighted by Crippen LogP contribution is -2.14. The van der Waals surface area contributed by atoms with E-state index < -0.39 is 21.8 Å². The van der Waals surface area contributed by atoms with Crippen LogP contribution in [0, 0.1) is 0 Å². The molecule has 0 aliphatic heterocycles. The van der Waals surface area contributed by atoms with E-state index >= 15 is 0 Å². The molecule has 0 radical (unpaired) electrons. The topological polar surface area (TPSA) is 90.0 Å². The van der Waals surface area contributed by atoms with Gasteiger partial charge in [0, 0.05) is 18.9 Å². The predicted molar refractivity (Wildman–Crippen MR) is 69.9 cm³/mol. The first-order chi connectivity index (χ1) is 9.59. The Hall–Kier alpha value is -2.23. The van der Waals surface area contributed by atoms with Crippen molar-refractivity contribution < 1.29 is 21.6 Å². The zero-order chi connectivity index (χ0) is 15.8. The van der Waals surface area contributed by atoms with Crippen LogP contribution in [0.25, 0.3) is 0 Å². The van der Waals surface area contributed by atoms with Crippen LogP contribution in [0.3, 0.4) is 0 Å². The van der Waals surface area contributed by atoms with Crippen molar-refractivity contribution in [3.63, 3.8) is 0 Å². The Bertz CT molecular complexity index is 751. The molecule has 0 spiro atoms. The van der Waals surface area contributed by atoms with Gasteiger partial charge in [-0.3, -0.25) is 9.40 Å².